The first-order chi connectivity index (χ1) is 4.04. The van der Waals surface area contributed by atoms with Crippen molar-refractivity contribution in [1.82, 2.24) is 0 Å². The lowest BCUT2D eigenvalue weighted by Crippen LogP contribution is -2.20. The standard InChI is InChI=1S/C7H12O2/c1-5-6(8)9-4-7(5,2)3/h5H,4H2,1-3H3/t5-/m1/s1. The zero-order chi connectivity index (χ0) is 7.07. The molecule has 1 fully saturated rings. The van der Waals surface area contributed by atoms with Crippen LogP contribution in [0.5, 0.6) is 0 Å². The Hall–Kier alpha value is -0.530. The first-order valence-corrected chi connectivity index (χ1v) is 3.21. The number of ether oxygens (including phenoxy) is 1. The summed E-state index contributed by atoms with van der Waals surface area (Å²) in [6, 6.07) is 0. The SMILES string of the molecule is C[C@@H]1C(=O)OCC1(C)C. The van der Waals surface area contributed by atoms with Crippen LogP contribution in [-0.2, 0) is 9.53 Å². The number of carbonyl (C=O) groups excluding carboxylic acids is 1. The zero-order valence-corrected chi connectivity index (χ0v) is 6.10. The van der Waals surface area contributed by atoms with Crippen molar-refractivity contribution in [3.05, 3.63) is 0 Å². The van der Waals surface area contributed by atoms with Gasteiger partial charge in [0, 0.05) is 5.41 Å². The number of carbonyl (C=O) groups is 1. The molecule has 1 rings (SSSR count). The Morgan fingerprint density at radius 2 is 2.22 bits per heavy atom. The smallest absolute Gasteiger partial charge is 0.309 e. The minimum Gasteiger partial charge on any atom is -0.465 e. The quantitative estimate of drug-likeness (QED) is 0.458. The fourth-order valence-electron chi connectivity index (χ4n) is 0.826. The molecule has 0 aliphatic carbocycles. The monoisotopic (exact) mass is 128 g/mol. The average Bonchev–Trinajstić information content (AvgIpc) is 1.97. The second-order valence-corrected chi connectivity index (χ2v) is 3.32. The average molecular weight is 128 g/mol. The van der Waals surface area contributed by atoms with Gasteiger partial charge in [-0.05, 0) is 0 Å². The van der Waals surface area contributed by atoms with Gasteiger partial charge in [0.05, 0.1) is 12.5 Å². The van der Waals surface area contributed by atoms with Crippen molar-refractivity contribution in [3.8, 4) is 0 Å². The molecule has 0 unspecified atom stereocenters. The molecule has 1 saturated heterocycles. The molecular formula is C7H12O2. The van der Waals surface area contributed by atoms with E-state index in [1.54, 1.807) is 0 Å². The van der Waals surface area contributed by atoms with Crippen LogP contribution in [0, 0.1) is 11.3 Å². The van der Waals surface area contributed by atoms with Crippen molar-refractivity contribution in [2.75, 3.05) is 6.61 Å². The summed E-state index contributed by atoms with van der Waals surface area (Å²) >= 11 is 0. The molecule has 0 bridgehead atoms. The van der Waals surface area contributed by atoms with E-state index in [0.717, 1.165) is 0 Å². The maximum absolute atomic E-state index is 10.8. The summed E-state index contributed by atoms with van der Waals surface area (Å²) in [5, 5.41) is 0. The van der Waals surface area contributed by atoms with Gasteiger partial charge in [-0.2, -0.15) is 0 Å². The van der Waals surface area contributed by atoms with Gasteiger partial charge in [0.15, 0.2) is 0 Å². The van der Waals surface area contributed by atoms with Gasteiger partial charge in [-0.15, -0.1) is 0 Å². The predicted octanol–water partition coefficient (Wildman–Crippen LogP) is 1.21. The van der Waals surface area contributed by atoms with E-state index in [1.165, 1.54) is 0 Å². The Balaban J connectivity index is 2.73. The summed E-state index contributed by atoms with van der Waals surface area (Å²) in [5.41, 5.74) is 0.0527. The van der Waals surface area contributed by atoms with E-state index < -0.39 is 0 Å². The molecule has 52 valence electrons. The molecule has 1 aliphatic rings. The summed E-state index contributed by atoms with van der Waals surface area (Å²) in [4.78, 5) is 10.8. The van der Waals surface area contributed by atoms with Crippen LogP contribution in [-0.4, -0.2) is 12.6 Å². The van der Waals surface area contributed by atoms with Crippen LogP contribution in [0.4, 0.5) is 0 Å². The maximum Gasteiger partial charge on any atom is 0.309 e. The molecule has 0 radical (unpaired) electrons. The van der Waals surface area contributed by atoms with Crippen LogP contribution in [0.2, 0.25) is 0 Å². The summed E-state index contributed by atoms with van der Waals surface area (Å²) < 4.78 is 4.84. The Morgan fingerprint density at radius 1 is 1.67 bits per heavy atom. The second kappa shape index (κ2) is 1.72. The van der Waals surface area contributed by atoms with Crippen LogP contribution >= 0.6 is 0 Å². The van der Waals surface area contributed by atoms with Crippen LogP contribution in [0.3, 0.4) is 0 Å². The maximum atomic E-state index is 10.8. The third kappa shape index (κ3) is 0.934. The number of hydrogen-bond acceptors (Lipinski definition) is 2. The Morgan fingerprint density at radius 3 is 2.33 bits per heavy atom. The van der Waals surface area contributed by atoms with Crippen LogP contribution in [0.15, 0.2) is 0 Å². The van der Waals surface area contributed by atoms with Crippen LogP contribution < -0.4 is 0 Å². The van der Waals surface area contributed by atoms with E-state index in [1.807, 2.05) is 20.8 Å². The third-order valence-electron chi connectivity index (χ3n) is 2.11. The summed E-state index contributed by atoms with van der Waals surface area (Å²) in [5.74, 6) is 0.0116. The number of esters is 1. The van der Waals surface area contributed by atoms with E-state index in [9.17, 15) is 4.79 Å². The van der Waals surface area contributed by atoms with Gasteiger partial charge in [-0.1, -0.05) is 20.8 Å². The molecule has 0 saturated carbocycles. The lowest BCUT2D eigenvalue weighted by atomic mass is 9.83. The molecule has 1 atom stereocenters. The van der Waals surface area contributed by atoms with E-state index in [0.29, 0.717) is 6.61 Å². The van der Waals surface area contributed by atoms with Gasteiger partial charge in [-0.3, -0.25) is 4.79 Å². The third-order valence-corrected chi connectivity index (χ3v) is 2.11. The van der Waals surface area contributed by atoms with Crippen molar-refractivity contribution < 1.29 is 9.53 Å². The molecule has 0 spiro atoms. The van der Waals surface area contributed by atoms with E-state index in [2.05, 4.69) is 0 Å². The number of rotatable bonds is 0. The van der Waals surface area contributed by atoms with Gasteiger partial charge in [0.25, 0.3) is 0 Å². The minimum atomic E-state index is -0.0556. The van der Waals surface area contributed by atoms with Crippen molar-refractivity contribution in [2.45, 2.75) is 20.8 Å². The van der Waals surface area contributed by atoms with E-state index >= 15 is 0 Å². The molecule has 0 aromatic heterocycles. The molecule has 2 nitrogen and oxygen atoms in total. The first-order valence-electron chi connectivity index (χ1n) is 3.21. The molecule has 0 N–H and O–H groups in total. The normalized spacial score (nSPS) is 32.3. The van der Waals surface area contributed by atoms with Gasteiger partial charge in [0.1, 0.15) is 0 Å². The highest BCUT2D eigenvalue weighted by atomic mass is 16.5. The van der Waals surface area contributed by atoms with Gasteiger partial charge >= 0.3 is 5.97 Å². The molecular weight excluding hydrogens is 116 g/mol. The number of cyclic esters (lactones) is 1. The molecule has 2 heteroatoms. The van der Waals surface area contributed by atoms with Crippen molar-refractivity contribution in [1.29, 1.82) is 0 Å². The second-order valence-electron chi connectivity index (χ2n) is 3.32. The fraction of sp³-hybridized carbons (Fsp3) is 0.857. The fourth-order valence-corrected chi connectivity index (χ4v) is 0.826. The van der Waals surface area contributed by atoms with Gasteiger partial charge < -0.3 is 4.74 Å². The molecule has 9 heavy (non-hydrogen) atoms. The Kier molecular flexibility index (Phi) is 1.26. The highest BCUT2D eigenvalue weighted by Crippen LogP contribution is 2.33. The predicted molar refractivity (Wildman–Crippen MR) is 33.9 cm³/mol. The van der Waals surface area contributed by atoms with Gasteiger partial charge in [0.2, 0.25) is 0 Å². The highest BCUT2D eigenvalue weighted by Gasteiger charge is 2.39. The lowest BCUT2D eigenvalue weighted by molar-refractivity contribution is -0.140. The Bertz CT molecular complexity index is 138. The lowest BCUT2D eigenvalue weighted by Gasteiger charge is -2.16. The molecule has 1 heterocycles. The summed E-state index contributed by atoms with van der Waals surface area (Å²) in [6.45, 7) is 6.58. The molecule has 0 aromatic carbocycles. The Labute approximate surface area is 55.2 Å². The minimum absolute atomic E-state index is 0.0527. The molecule has 0 amide bonds. The van der Waals surface area contributed by atoms with Crippen LogP contribution in [0.25, 0.3) is 0 Å². The largest absolute Gasteiger partial charge is 0.465 e. The van der Waals surface area contributed by atoms with Crippen LogP contribution in [0.1, 0.15) is 20.8 Å². The summed E-state index contributed by atoms with van der Waals surface area (Å²) in [6.07, 6.45) is 0. The van der Waals surface area contributed by atoms with Crippen molar-refractivity contribution >= 4 is 5.97 Å². The zero-order valence-electron chi connectivity index (χ0n) is 6.10. The highest BCUT2D eigenvalue weighted by molar-refractivity contribution is 5.74. The van der Waals surface area contributed by atoms with E-state index in [4.69, 9.17) is 4.74 Å². The molecule has 1 aliphatic heterocycles. The van der Waals surface area contributed by atoms with Crippen molar-refractivity contribution in [3.63, 3.8) is 0 Å². The summed E-state index contributed by atoms with van der Waals surface area (Å²) in [7, 11) is 0. The first kappa shape index (κ1) is 6.59. The topological polar surface area (TPSA) is 26.3 Å². The number of hydrogen-bond donors (Lipinski definition) is 0. The van der Waals surface area contributed by atoms with Crippen molar-refractivity contribution in [2.24, 2.45) is 11.3 Å². The van der Waals surface area contributed by atoms with E-state index in [-0.39, 0.29) is 17.3 Å². The molecule has 0 aromatic rings. The van der Waals surface area contributed by atoms with Gasteiger partial charge in [-0.25, -0.2) is 0 Å².